The standard InChI is InChI=1S/C14H28N2O3/c1-10-8-14(9-15,11(2)17)6-7-16(10)12(18)19-13(3,4)5/h10-11,17H,6-9,15H2,1-5H3/t10-,11?,14?/m0/s1. The van der Waals surface area contributed by atoms with Crippen LogP contribution in [0.5, 0.6) is 0 Å². The number of nitrogens with zero attached hydrogens (tertiary/aromatic N) is 1. The average Bonchev–Trinajstić information content (AvgIpc) is 2.25. The summed E-state index contributed by atoms with van der Waals surface area (Å²) in [5.74, 6) is 0. The first-order chi connectivity index (χ1) is 8.61. The number of carbonyl (C=O) groups is 1. The van der Waals surface area contributed by atoms with Crippen molar-refractivity contribution in [3.8, 4) is 0 Å². The Morgan fingerprint density at radius 2 is 2.16 bits per heavy atom. The summed E-state index contributed by atoms with van der Waals surface area (Å²) in [6.07, 6.45) is 0.683. The van der Waals surface area contributed by atoms with Crippen LogP contribution in [0.4, 0.5) is 4.79 Å². The van der Waals surface area contributed by atoms with Crippen molar-refractivity contribution in [2.75, 3.05) is 13.1 Å². The Labute approximate surface area is 116 Å². The summed E-state index contributed by atoms with van der Waals surface area (Å²) in [5.41, 5.74) is 5.07. The fourth-order valence-corrected chi connectivity index (χ4v) is 2.69. The summed E-state index contributed by atoms with van der Waals surface area (Å²) >= 11 is 0. The van der Waals surface area contributed by atoms with Crippen LogP contribution in [0.3, 0.4) is 0 Å². The largest absolute Gasteiger partial charge is 0.444 e. The van der Waals surface area contributed by atoms with E-state index in [-0.39, 0.29) is 17.6 Å². The lowest BCUT2D eigenvalue weighted by Gasteiger charge is -2.46. The van der Waals surface area contributed by atoms with Crippen LogP contribution in [-0.4, -0.2) is 46.9 Å². The summed E-state index contributed by atoms with van der Waals surface area (Å²) in [4.78, 5) is 13.8. The second-order valence-electron chi connectivity index (χ2n) is 6.72. The number of hydrogen-bond acceptors (Lipinski definition) is 4. The Morgan fingerprint density at radius 1 is 1.58 bits per heavy atom. The van der Waals surface area contributed by atoms with Crippen LogP contribution in [0.25, 0.3) is 0 Å². The number of carbonyl (C=O) groups excluding carboxylic acids is 1. The monoisotopic (exact) mass is 272 g/mol. The van der Waals surface area contributed by atoms with E-state index in [0.29, 0.717) is 25.9 Å². The van der Waals surface area contributed by atoms with Gasteiger partial charge in [0.15, 0.2) is 0 Å². The van der Waals surface area contributed by atoms with E-state index in [9.17, 15) is 9.90 Å². The van der Waals surface area contributed by atoms with Crippen molar-refractivity contribution >= 4 is 6.09 Å². The SMILES string of the molecule is CC(O)C1(CN)CCN(C(=O)OC(C)(C)C)[C@@H](C)C1. The van der Waals surface area contributed by atoms with Crippen LogP contribution in [-0.2, 0) is 4.74 Å². The summed E-state index contributed by atoms with van der Waals surface area (Å²) in [6, 6.07) is 0.0294. The molecule has 1 aliphatic heterocycles. The molecular formula is C14H28N2O3. The van der Waals surface area contributed by atoms with E-state index in [1.54, 1.807) is 11.8 Å². The highest BCUT2D eigenvalue weighted by atomic mass is 16.6. The van der Waals surface area contributed by atoms with Crippen LogP contribution in [0, 0.1) is 5.41 Å². The number of piperidine rings is 1. The molecule has 0 aromatic heterocycles. The fourth-order valence-electron chi connectivity index (χ4n) is 2.69. The number of rotatable bonds is 2. The number of likely N-dealkylation sites (tertiary alicyclic amines) is 1. The lowest BCUT2D eigenvalue weighted by Crippen LogP contribution is -2.55. The highest BCUT2D eigenvalue weighted by molar-refractivity contribution is 5.68. The van der Waals surface area contributed by atoms with E-state index in [1.165, 1.54) is 0 Å². The minimum Gasteiger partial charge on any atom is -0.444 e. The molecule has 2 unspecified atom stereocenters. The van der Waals surface area contributed by atoms with Gasteiger partial charge in [-0.1, -0.05) is 0 Å². The number of hydrogen-bond donors (Lipinski definition) is 2. The molecule has 1 heterocycles. The van der Waals surface area contributed by atoms with Gasteiger partial charge in [-0.15, -0.1) is 0 Å². The zero-order chi connectivity index (χ0) is 14.8. The molecule has 1 rings (SSSR count). The number of aliphatic hydroxyl groups excluding tert-OH is 1. The van der Waals surface area contributed by atoms with Gasteiger partial charge in [-0.25, -0.2) is 4.79 Å². The minimum atomic E-state index is -0.483. The molecule has 112 valence electrons. The lowest BCUT2D eigenvalue weighted by atomic mass is 9.72. The first kappa shape index (κ1) is 16.2. The van der Waals surface area contributed by atoms with Crippen molar-refractivity contribution in [2.45, 2.75) is 65.2 Å². The molecule has 1 fully saturated rings. The highest BCUT2D eigenvalue weighted by Crippen LogP contribution is 2.37. The normalized spacial score (nSPS) is 30.1. The summed E-state index contributed by atoms with van der Waals surface area (Å²) in [7, 11) is 0. The summed E-state index contributed by atoms with van der Waals surface area (Å²) < 4.78 is 5.40. The fraction of sp³-hybridized carbons (Fsp3) is 0.929. The van der Waals surface area contributed by atoms with Gasteiger partial charge in [-0.05, 0) is 47.5 Å². The van der Waals surface area contributed by atoms with E-state index in [4.69, 9.17) is 10.5 Å². The van der Waals surface area contributed by atoms with Crippen molar-refractivity contribution in [3.05, 3.63) is 0 Å². The molecule has 1 saturated heterocycles. The van der Waals surface area contributed by atoms with Gasteiger partial charge >= 0.3 is 6.09 Å². The van der Waals surface area contributed by atoms with Gasteiger partial charge in [-0.3, -0.25) is 0 Å². The lowest BCUT2D eigenvalue weighted by molar-refractivity contribution is -0.0400. The van der Waals surface area contributed by atoms with Crippen molar-refractivity contribution < 1.29 is 14.6 Å². The van der Waals surface area contributed by atoms with Crippen LogP contribution >= 0.6 is 0 Å². The highest BCUT2D eigenvalue weighted by Gasteiger charge is 2.42. The second-order valence-corrected chi connectivity index (χ2v) is 6.72. The second kappa shape index (κ2) is 5.67. The molecule has 5 heteroatoms. The first-order valence-electron chi connectivity index (χ1n) is 6.99. The topological polar surface area (TPSA) is 75.8 Å². The molecule has 0 aliphatic carbocycles. The minimum absolute atomic E-state index is 0.0294. The third kappa shape index (κ3) is 3.83. The Kier molecular flexibility index (Phi) is 4.85. The molecule has 0 aromatic carbocycles. The van der Waals surface area contributed by atoms with Gasteiger partial charge in [0, 0.05) is 24.5 Å². The Balaban J connectivity index is 2.72. The average molecular weight is 272 g/mol. The molecular weight excluding hydrogens is 244 g/mol. The number of aliphatic hydroxyl groups is 1. The quantitative estimate of drug-likeness (QED) is 0.802. The molecule has 3 atom stereocenters. The van der Waals surface area contributed by atoms with Crippen molar-refractivity contribution in [1.29, 1.82) is 0 Å². The van der Waals surface area contributed by atoms with E-state index >= 15 is 0 Å². The van der Waals surface area contributed by atoms with Gasteiger partial charge < -0.3 is 20.5 Å². The predicted octanol–water partition coefficient (Wildman–Crippen LogP) is 1.73. The van der Waals surface area contributed by atoms with Crippen LogP contribution in [0.15, 0.2) is 0 Å². The molecule has 5 nitrogen and oxygen atoms in total. The third-order valence-electron chi connectivity index (χ3n) is 4.01. The van der Waals surface area contributed by atoms with E-state index in [1.807, 2.05) is 27.7 Å². The van der Waals surface area contributed by atoms with Crippen LogP contribution in [0.2, 0.25) is 0 Å². The Morgan fingerprint density at radius 3 is 2.53 bits per heavy atom. The maximum atomic E-state index is 12.1. The molecule has 3 N–H and O–H groups in total. The zero-order valence-electron chi connectivity index (χ0n) is 12.8. The van der Waals surface area contributed by atoms with Gasteiger partial charge in [0.1, 0.15) is 5.60 Å². The van der Waals surface area contributed by atoms with Crippen molar-refractivity contribution in [1.82, 2.24) is 4.90 Å². The van der Waals surface area contributed by atoms with E-state index < -0.39 is 11.7 Å². The van der Waals surface area contributed by atoms with Gasteiger partial charge in [0.25, 0.3) is 0 Å². The molecule has 0 aromatic rings. The Hall–Kier alpha value is -0.810. The van der Waals surface area contributed by atoms with Crippen LogP contribution in [0.1, 0.15) is 47.5 Å². The Bertz CT molecular complexity index is 325. The summed E-state index contributed by atoms with van der Waals surface area (Å²) in [6.45, 7) is 10.4. The summed E-state index contributed by atoms with van der Waals surface area (Å²) in [5, 5.41) is 9.94. The van der Waals surface area contributed by atoms with Crippen molar-refractivity contribution in [2.24, 2.45) is 11.1 Å². The molecule has 1 amide bonds. The van der Waals surface area contributed by atoms with Crippen molar-refractivity contribution in [3.63, 3.8) is 0 Å². The molecule has 1 aliphatic rings. The van der Waals surface area contributed by atoms with E-state index in [2.05, 4.69) is 0 Å². The van der Waals surface area contributed by atoms with Gasteiger partial charge in [-0.2, -0.15) is 0 Å². The number of nitrogens with two attached hydrogens (primary N) is 1. The van der Waals surface area contributed by atoms with Gasteiger partial charge in [0.05, 0.1) is 6.10 Å². The molecule has 19 heavy (non-hydrogen) atoms. The van der Waals surface area contributed by atoms with Gasteiger partial charge in [0.2, 0.25) is 0 Å². The maximum Gasteiger partial charge on any atom is 0.410 e. The molecule has 0 saturated carbocycles. The zero-order valence-corrected chi connectivity index (χ0v) is 12.8. The predicted molar refractivity (Wildman–Crippen MR) is 74.8 cm³/mol. The molecule has 0 spiro atoms. The third-order valence-corrected chi connectivity index (χ3v) is 4.01. The maximum absolute atomic E-state index is 12.1. The smallest absolute Gasteiger partial charge is 0.410 e. The first-order valence-corrected chi connectivity index (χ1v) is 6.99. The van der Waals surface area contributed by atoms with E-state index in [0.717, 1.165) is 0 Å². The number of amides is 1. The molecule has 0 radical (unpaired) electrons. The molecule has 0 bridgehead atoms. The number of ether oxygens (including phenoxy) is 1. The van der Waals surface area contributed by atoms with Crippen LogP contribution < -0.4 is 5.73 Å².